The van der Waals surface area contributed by atoms with Crippen LogP contribution in [0, 0.1) is 0 Å². The summed E-state index contributed by atoms with van der Waals surface area (Å²) in [6, 6.07) is 44.3. The molecule has 9 aromatic rings. The number of anilines is 6. The van der Waals surface area contributed by atoms with Gasteiger partial charge >= 0.3 is 0 Å². The molecule has 0 unspecified atom stereocenters. The van der Waals surface area contributed by atoms with E-state index in [9.17, 15) is 0 Å². The highest BCUT2D eigenvalue weighted by Gasteiger charge is 2.25. The highest BCUT2D eigenvalue weighted by molar-refractivity contribution is 6.24. The summed E-state index contributed by atoms with van der Waals surface area (Å²) < 4.78 is 0. The molecule has 0 spiro atoms. The first-order valence-corrected chi connectivity index (χ1v) is 15.6. The normalized spacial score (nSPS) is 11.3. The third-order valence-electron chi connectivity index (χ3n) is 8.43. The van der Waals surface area contributed by atoms with Crippen LogP contribution in [0.1, 0.15) is 0 Å². The number of benzene rings is 4. The van der Waals surface area contributed by atoms with Crippen molar-refractivity contribution in [2.24, 2.45) is 0 Å². The molecule has 0 aliphatic carbocycles. The second-order valence-electron chi connectivity index (χ2n) is 11.2. The number of hydrogen-bond donors (Lipinski definition) is 0. The smallest absolute Gasteiger partial charge is 0.138 e. The molecule has 8 heteroatoms. The van der Waals surface area contributed by atoms with E-state index in [1.165, 1.54) is 0 Å². The standard InChI is InChI=1S/C40H26N8/c1-3-15-29-27(13-1)28-14-2-4-16-30(28)38-37(29)45-39-31(47(33-17-5-9-23-41-33)34-18-6-10-24-42-34)21-22-32(40(39)46-38)48(35-19-7-11-25-43-35)36-20-8-12-26-44-36/h1-26H. The van der Waals surface area contributed by atoms with Gasteiger partial charge in [0.15, 0.2) is 0 Å². The maximum absolute atomic E-state index is 5.53. The van der Waals surface area contributed by atoms with E-state index in [1.807, 2.05) is 82.6 Å². The van der Waals surface area contributed by atoms with Gasteiger partial charge in [-0.15, -0.1) is 0 Å². The Balaban J connectivity index is 1.45. The lowest BCUT2D eigenvalue weighted by Gasteiger charge is -2.27. The predicted molar refractivity (Wildman–Crippen MR) is 193 cm³/mol. The number of rotatable bonds is 6. The van der Waals surface area contributed by atoms with Gasteiger partial charge < -0.3 is 0 Å². The van der Waals surface area contributed by atoms with E-state index < -0.39 is 0 Å². The third-order valence-corrected chi connectivity index (χ3v) is 8.43. The number of hydrogen-bond acceptors (Lipinski definition) is 8. The number of nitrogens with zero attached hydrogens (tertiary/aromatic N) is 8. The van der Waals surface area contributed by atoms with Crippen LogP contribution >= 0.6 is 0 Å². The van der Waals surface area contributed by atoms with Gasteiger partial charge in [-0.1, -0.05) is 72.8 Å². The molecule has 0 fully saturated rings. The summed E-state index contributed by atoms with van der Waals surface area (Å²) in [6.07, 6.45) is 7.14. The summed E-state index contributed by atoms with van der Waals surface area (Å²) >= 11 is 0. The van der Waals surface area contributed by atoms with Crippen LogP contribution in [0.4, 0.5) is 34.6 Å². The van der Waals surface area contributed by atoms with Crippen LogP contribution in [0.5, 0.6) is 0 Å². The van der Waals surface area contributed by atoms with Gasteiger partial charge in [-0.3, -0.25) is 9.80 Å². The van der Waals surface area contributed by atoms with Crippen LogP contribution in [0.15, 0.2) is 158 Å². The van der Waals surface area contributed by atoms with Crippen LogP contribution in [-0.2, 0) is 0 Å². The average Bonchev–Trinajstić information content (AvgIpc) is 3.17. The van der Waals surface area contributed by atoms with Crippen molar-refractivity contribution in [2.45, 2.75) is 0 Å². The second kappa shape index (κ2) is 11.5. The highest BCUT2D eigenvalue weighted by atomic mass is 15.3. The van der Waals surface area contributed by atoms with Gasteiger partial charge in [0.05, 0.1) is 22.4 Å². The number of fused-ring (bicyclic) bond motifs is 7. The summed E-state index contributed by atoms with van der Waals surface area (Å²) in [7, 11) is 0. The van der Waals surface area contributed by atoms with E-state index in [-0.39, 0.29) is 0 Å². The largest absolute Gasteiger partial charge is 0.277 e. The van der Waals surface area contributed by atoms with E-state index >= 15 is 0 Å². The fraction of sp³-hybridized carbons (Fsp3) is 0. The Bertz CT molecular complexity index is 2300. The van der Waals surface area contributed by atoms with Gasteiger partial charge in [-0.05, 0) is 71.4 Å². The Morgan fingerprint density at radius 3 is 0.917 bits per heavy atom. The van der Waals surface area contributed by atoms with Crippen LogP contribution < -0.4 is 9.80 Å². The molecule has 0 atom stereocenters. The average molecular weight is 619 g/mol. The molecule has 0 bridgehead atoms. The molecule has 226 valence electrons. The molecule has 4 aromatic carbocycles. The molecule has 5 aromatic heterocycles. The molecule has 0 aliphatic heterocycles. The minimum Gasteiger partial charge on any atom is -0.277 e. The molecule has 0 saturated carbocycles. The summed E-state index contributed by atoms with van der Waals surface area (Å²) in [5.41, 5.74) is 4.60. The van der Waals surface area contributed by atoms with Crippen LogP contribution in [0.2, 0.25) is 0 Å². The van der Waals surface area contributed by atoms with Crippen molar-refractivity contribution >= 4 is 78.3 Å². The zero-order valence-electron chi connectivity index (χ0n) is 25.6. The predicted octanol–water partition coefficient (Wildman–Crippen LogP) is 9.61. The first-order valence-electron chi connectivity index (χ1n) is 15.6. The fourth-order valence-corrected chi connectivity index (χ4v) is 6.37. The molecular weight excluding hydrogens is 592 g/mol. The monoisotopic (exact) mass is 618 g/mol. The van der Waals surface area contributed by atoms with E-state index in [0.29, 0.717) is 34.3 Å². The topological polar surface area (TPSA) is 83.8 Å². The lowest BCUT2D eigenvalue weighted by Crippen LogP contribution is -2.16. The van der Waals surface area contributed by atoms with E-state index in [1.54, 1.807) is 24.8 Å². The van der Waals surface area contributed by atoms with Crippen LogP contribution in [0.3, 0.4) is 0 Å². The van der Waals surface area contributed by atoms with Crippen molar-refractivity contribution in [2.75, 3.05) is 9.80 Å². The summed E-state index contributed by atoms with van der Waals surface area (Å²) in [4.78, 5) is 34.1. The first kappa shape index (κ1) is 27.5. The van der Waals surface area contributed by atoms with Crippen LogP contribution in [-0.4, -0.2) is 29.9 Å². The van der Waals surface area contributed by atoms with Gasteiger partial charge in [0.1, 0.15) is 34.3 Å². The van der Waals surface area contributed by atoms with Gasteiger partial charge in [0.25, 0.3) is 0 Å². The van der Waals surface area contributed by atoms with Gasteiger partial charge in [0, 0.05) is 35.6 Å². The van der Waals surface area contributed by atoms with Crippen molar-refractivity contribution in [3.63, 3.8) is 0 Å². The molecule has 0 N–H and O–H groups in total. The summed E-state index contributed by atoms with van der Waals surface area (Å²) in [5.74, 6) is 2.84. The van der Waals surface area contributed by atoms with Gasteiger partial charge in [0.2, 0.25) is 0 Å². The molecule has 0 amide bonds. The van der Waals surface area contributed by atoms with Gasteiger partial charge in [-0.2, -0.15) is 0 Å². The minimum absolute atomic E-state index is 0.689. The molecular formula is C40H26N8. The minimum atomic E-state index is 0.689. The second-order valence-corrected chi connectivity index (χ2v) is 11.2. The Morgan fingerprint density at radius 1 is 0.292 bits per heavy atom. The van der Waals surface area contributed by atoms with Crippen LogP contribution in [0.25, 0.3) is 43.6 Å². The third kappa shape index (κ3) is 4.54. The lowest BCUT2D eigenvalue weighted by atomic mass is 9.99. The van der Waals surface area contributed by atoms with E-state index in [4.69, 9.17) is 29.9 Å². The summed E-state index contributed by atoms with van der Waals surface area (Å²) in [6.45, 7) is 0. The highest BCUT2D eigenvalue weighted by Crippen LogP contribution is 2.44. The van der Waals surface area contributed by atoms with Crippen molar-refractivity contribution < 1.29 is 0 Å². The maximum atomic E-state index is 5.53. The van der Waals surface area contributed by atoms with Crippen molar-refractivity contribution in [1.29, 1.82) is 0 Å². The Hall–Kier alpha value is -6.80. The zero-order valence-corrected chi connectivity index (χ0v) is 25.6. The van der Waals surface area contributed by atoms with Crippen molar-refractivity contribution in [3.05, 3.63) is 158 Å². The molecule has 0 saturated heterocycles. The number of pyridine rings is 4. The van der Waals surface area contributed by atoms with Crippen molar-refractivity contribution in [3.8, 4) is 0 Å². The van der Waals surface area contributed by atoms with E-state index in [2.05, 4.69) is 60.7 Å². The molecule has 9 rings (SSSR count). The van der Waals surface area contributed by atoms with Crippen molar-refractivity contribution in [1.82, 2.24) is 29.9 Å². The quantitative estimate of drug-likeness (QED) is 0.135. The Morgan fingerprint density at radius 2 is 0.604 bits per heavy atom. The molecule has 48 heavy (non-hydrogen) atoms. The molecule has 0 aliphatic rings. The SMILES string of the molecule is c1ccc(N(c2ccccn2)c2ccc(N(c3ccccn3)c3ccccn3)c3nc4c5ccccc5c5ccccc5c4nc23)nc1. The number of aromatic nitrogens is 6. The Labute approximate surface area is 275 Å². The molecule has 5 heterocycles. The fourth-order valence-electron chi connectivity index (χ4n) is 6.37. The zero-order chi connectivity index (χ0) is 31.9. The summed E-state index contributed by atoms with van der Waals surface area (Å²) in [5, 5.41) is 4.32. The Kier molecular flexibility index (Phi) is 6.61. The maximum Gasteiger partial charge on any atom is 0.138 e. The lowest BCUT2D eigenvalue weighted by molar-refractivity contribution is 1.11. The van der Waals surface area contributed by atoms with E-state index in [0.717, 1.165) is 44.0 Å². The molecule has 0 radical (unpaired) electrons. The molecule has 8 nitrogen and oxygen atoms in total. The first-order chi connectivity index (χ1) is 23.8. The van der Waals surface area contributed by atoms with Gasteiger partial charge in [-0.25, -0.2) is 29.9 Å².